The van der Waals surface area contributed by atoms with Crippen LogP contribution in [0.1, 0.15) is 5.56 Å². The fourth-order valence-electron chi connectivity index (χ4n) is 1.95. The van der Waals surface area contributed by atoms with Gasteiger partial charge in [-0.3, -0.25) is 4.79 Å². The van der Waals surface area contributed by atoms with Gasteiger partial charge in [0, 0.05) is 22.5 Å². The summed E-state index contributed by atoms with van der Waals surface area (Å²) in [7, 11) is 0. The van der Waals surface area contributed by atoms with Crippen molar-refractivity contribution in [1.82, 2.24) is 0 Å². The van der Waals surface area contributed by atoms with Gasteiger partial charge in [-0.25, -0.2) is 0 Å². The molecule has 0 radical (unpaired) electrons. The molecule has 5 nitrogen and oxygen atoms in total. The quantitative estimate of drug-likeness (QED) is 0.334. The van der Waals surface area contributed by atoms with Crippen molar-refractivity contribution in [1.29, 1.82) is 10.5 Å². The van der Waals surface area contributed by atoms with Gasteiger partial charge in [-0.2, -0.15) is 23.7 Å². The van der Waals surface area contributed by atoms with Crippen LogP contribution in [0.3, 0.4) is 0 Å². The maximum absolute atomic E-state index is 12.7. The van der Waals surface area contributed by atoms with Crippen LogP contribution in [-0.4, -0.2) is 5.91 Å². The van der Waals surface area contributed by atoms with Gasteiger partial charge in [0.15, 0.2) is 0 Å². The molecule has 0 fully saturated rings. The lowest BCUT2D eigenvalue weighted by Crippen LogP contribution is -2.15. The highest BCUT2D eigenvalue weighted by Crippen LogP contribution is 2.30. The Morgan fingerprint density at radius 1 is 1.07 bits per heavy atom. The maximum atomic E-state index is 12.7. The number of nitrogens with zero attached hydrogens (tertiary/aromatic N) is 2. The highest BCUT2D eigenvalue weighted by molar-refractivity contribution is 8.03. The second-order valence-electron chi connectivity index (χ2n) is 5.06. The van der Waals surface area contributed by atoms with Crippen LogP contribution >= 0.6 is 11.8 Å². The average molecular weight is 388 g/mol. The first kappa shape index (κ1) is 19.9. The zero-order valence-electron chi connectivity index (χ0n) is 13.5. The molecule has 0 unspecified atom stereocenters. The van der Waals surface area contributed by atoms with E-state index >= 15 is 0 Å². The predicted octanol–water partition coefficient (Wildman–Crippen LogP) is 4.74. The van der Waals surface area contributed by atoms with Crippen LogP contribution in [0.25, 0.3) is 0 Å². The van der Waals surface area contributed by atoms with Gasteiger partial charge in [0.25, 0.3) is 5.91 Å². The molecule has 0 aromatic heterocycles. The number of carbonyl (C=O) groups is 1. The third-order valence-corrected chi connectivity index (χ3v) is 3.81. The molecule has 0 heterocycles. The number of thiocyanates is 1. The van der Waals surface area contributed by atoms with E-state index in [1.165, 1.54) is 6.07 Å². The molecule has 0 aliphatic rings. The van der Waals surface area contributed by atoms with Crippen LogP contribution < -0.4 is 10.6 Å². The Balaban J connectivity index is 2.08. The Kier molecular flexibility index (Phi) is 6.47. The topological polar surface area (TPSA) is 88.7 Å². The number of thioether (sulfide) groups is 1. The molecule has 136 valence electrons. The number of hydrogen-bond donors (Lipinski definition) is 2. The molecule has 2 N–H and O–H groups in total. The van der Waals surface area contributed by atoms with E-state index in [0.29, 0.717) is 5.69 Å². The number of anilines is 2. The van der Waals surface area contributed by atoms with E-state index in [9.17, 15) is 18.0 Å². The highest BCUT2D eigenvalue weighted by atomic mass is 32.2. The lowest BCUT2D eigenvalue weighted by molar-refractivity contribution is -0.137. The Morgan fingerprint density at radius 2 is 1.78 bits per heavy atom. The first-order valence-corrected chi connectivity index (χ1v) is 8.16. The summed E-state index contributed by atoms with van der Waals surface area (Å²) in [5.41, 5.74) is -0.732. The average Bonchev–Trinajstić information content (AvgIpc) is 2.63. The minimum Gasteiger partial charge on any atom is -0.360 e. The Labute approximate surface area is 157 Å². The van der Waals surface area contributed by atoms with Crippen molar-refractivity contribution in [3.05, 3.63) is 65.9 Å². The number of hydrogen-bond acceptors (Lipinski definition) is 5. The number of benzene rings is 2. The van der Waals surface area contributed by atoms with E-state index in [4.69, 9.17) is 10.5 Å². The zero-order valence-corrected chi connectivity index (χ0v) is 14.4. The highest BCUT2D eigenvalue weighted by Gasteiger charge is 2.30. The van der Waals surface area contributed by atoms with E-state index < -0.39 is 17.6 Å². The molecule has 1 amide bonds. The SMILES string of the molecule is N#CSc1ccc(N/C=C(/C#N)C(=O)Nc2cccc(C(F)(F)F)c2)cc1. The molecule has 2 aromatic rings. The Hall–Kier alpha value is -3.43. The minimum atomic E-state index is -4.54. The molecule has 27 heavy (non-hydrogen) atoms. The summed E-state index contributed by atoms with van der Waals surface area (Å²) in [6, 6.07) is 12.5. The van der Waals surface area contributed by atoms with Crippen molar-refractivity contribution in [3.8, 4) is 11.5 Å². The van der Waals surface area contributed by atoms with Gasteiger partial charge in [0.1, 0.15) is 17.0 Å². The fourth-order valence-corrected chi connectivity index (χ4v) is 2.33. The molecule has 0 aliphatic heterocycles. The van der Waals surface area contributed by atoms with E-state index in [1.807, 2.05) is 5.40 Å². The molecular weight excluding hydrogens is 377 g/mol. The van der Waals surface area contributed by atoms with Crippen LogP contribution in [0, 0.1) is 22.0 Å². The maximum Gasteiger partial charge on any atom is 0.416 e. The summed E-state index contributed by atoms with van der Waals surface area (Å²) in [5, 5.41) is 24.6. The van der Waals surface area contributed by atoms with Crippen molar-refractivity contribution in [2.75, 3.05) is 10.6 Å². The summed E-state index contributed by atoms with van der Waals surface area (Å²) < 4.78 is 38.1. The van der Waals surface area contributed by atoms with Gasteiger partial charge in [0.05, 0.1) is 5.56 Å². The van der Waals surface area contributed by atoms with Crippen molar-refractivity contribution in [2.24, 2.45) is 0 Å². The molecule has 2 rings (SSSR count). The van der Waals surface area contributed by atoms with Gasteiger partial charge in [-0.15, -0.1) is 0 Å². The van der Waals surface area contributed by atoms with Crippen molar-refractivity contribution >= 4 is 29.0 Å². The van der Waals surface area contributed by atoms with Crippen molar-refractivity contribution < 1.29 is 18.0 Å². The van der Waals surface area contributed by atoms with Gasteiger partial charge < -0.3 is 10.6 Å². The normalized spacial score (nSPS) is 11.2. The molecule has 0 saturated heterocycles. The molecular formula is C18H11F3N4OS. The third-order valence-electron chi connectivity index (χ3n) is 3.21. The van der Waals surface area contributed by atoms with Crippen LogP contribution in [0.5, 0.6) is 0 Å². The van der Waals surface area contributed by atoms with Crippen molar-refractivity contribution in [2.45, 2.75) is 11.1 Å². The number of carbonyl (C=O) groups excluding carboxylic acids is 1. The Morgan fingerprint density at radius 3 is 2.37 bits per heavy atom. The lowest BCUT2D eigenvalue weighted by atomic mass is 10.2. The summed E-state index contributed by atoms with van der Waals surface area (Å²) in [5.74, 6) is -0.846. The van der Waals surface area contributed by atoms with Gasteiger partial charge >= 0.3 is 6.18 Å². The number of nitriles is 2. The monoisotopic (exact) mass is 388 g/mol. The van der Waals surface area contributed by atoms with Gasteiger partial charge in [-0.1, -0.05) is 6.07 Å². The molecule has 9 heteroatoms. The third kappa shape index (κ3) is 5.80. The van der Waals surface area contributed by atoms with E-state index in [2.05, 4.69) is 10.6 Å². The van der Waals surface area contributed by atoms with E-state index in [-0.39, 0.29) is 11.3 Å². The summed E-state index contributed by atoms with van der Waals surface area (Å²) in [4.78, 5) is 12.8. The summed E-state index contributed by atoms with van der Waals surface area (Å²) in [6.07, 6.45) is -3.39. The lowest BCUT2D eigenvalue weighted by Gasteiger charge is -2.09. The predicted molar refractivity (Wildman–Crippen MR) is 95.3 cm³/mol. The summed E-state index contributed by atoms with van der Waals surface area (Å²) >= 11 is 0.988. The molecule has 0 saturated carbocycles. The molecule has 2 aromatic carbocycles. The Bertz CT molecular complexity index is 941. The first-order valence-electron chi connectivity index (χ1n) is 7.35. The summed E-state index contributed by atoms with van der Waals surface area (Å²) in [6.45, 7) is 0. The fraction of sp³-hybridized carbons (Fsp3) is 0.0556. The van der Waals surface area contributed by atoms with Gasteiger partial charge in [-0.05, 0) is 54.2 Å². The van der Waals surface area contributed by atoms with Crippen LogP contribution in [0.2, 0.25) is 0 Å². The molecule has 0 bridgehead atoms. The van der Waals surface area contributed by atoms with Crippen LogP contribution in [0.15, 0.2) is 65.2 Å². The first-order chi connectivity index (χ1) is 12.8. The molecule has 0 atom stereocenters. The zero-order chi connectivity index (χ0) is 19.9. The van der Waals surface area contributed by atoms with Crippen molar-refractivity contribution in [3.63, 3.8) is 0 Å². The number of nitrogens with one attached hydrogen (secondary N) is 2. The molecule has 0 spiro atoms. The second kappa shape index (κ2) is 8.79. The number of rotatable bonds is 5. The van der Waals surface area contributed by atoms with Crippen LogP contribution in [-0.2, 0) is 11.0 Å². The van der Waals surface area contributed by atoms with E-state index in [0.717, 1.165) is 41.1 Å². The van der Waals surface area contributed by atoms with E-state index in [1.54, 1.807) is 30.3 Å². The number of alkyl halides is 3. The van der Waals surface area contributed by atoms with Gasteiger partial charge in [0.2, 0.25) is 0 Å². The standard InChI is InChI=1S/C18H11F3N4OS/c19-18(20,21)13-2-1-3-15(8-13)25-17(26)12(9-22)10-24-14-4-6-16(7-5-14)27-11-23/h1-8,10,24H,(H,25,26)/b12-10-. The minimum absolute atomic E-state index is 0.0751. The number of halogens is 3. The largest absolute Gasteiger partial charge is 0.416 e. The molecule has 0 aliphatic carbocycles. The number of amides is 1. The smallest absolute Gasteiger partial charge is 0.360 e. The van der Waals surface area contributed by atoms with Crippen LogP contribution in [0.4, 0.5) is 24.5 Å². The second-order valence-corrected chi connectivity index (χ2v) is 5.92.